The monoisotopic (exact) mass is 430 g/mol. The highest BCUT2D eigenvalue weighted by molar-refractivity contribution is 6.31. The fourth-order valence-corrected chi connectivity index (χ4v) is 3.61. The molecule has 0 spiro atoms. The molecule has 0 radical (unpaired) electrons. The van der Waals surface area contributed by atoms with Crippen molar-refractivity contribution in [3.8, 4) is 11.4 Å². The molecule has 2 heterocycles. The lowest BCUT2D eigenvalue weighted by Crippen LogP contribution is -2.48. The van der Waals surface area contributed by atoms with Gasteiger partial charge < -0.3 is 9.64 Å². The number of hydrogen-bond donors (Lipinski definition) is 0. The minimum atomic E-state index is -0.350. The second-order valence-corrected chi connectivity index (χ2v) is 7.34. The number of halogens is 2. The van der Waals surface area contributed by atoms with Gasteiger partial charge in [0, 0.05) is 31.2 Å². The lowest BCUT2D eigenvalue weighted by molar-refractivity contribution is 0.0621. The van der Waals surface area contributed by atoms with E-state index in [9.17, 15) is 9.18 Å². The summed E-state index contributed by atoms with van der Waals surface area (Å²) >= 11 is 6.06. The van der Waals surface area contributed by atoms with Gasteiger partial charge in [0.2, 0.25) is 0 Å². The molecule has 0 unspecified atom stereocenters. The molecule has 0 N–H and O–H groups in total. The van der Waals surface area contributed by atoms with Crippen molar-refractivity contribution < 1.29 is 13.9 Å². The Kier molecular flexibility index (Phi) is 5.91. The van der Waals surface area contributed by atoms with Crippen LogP contribution in [0.1, 0.15) is 16.2 Å². The number of carbonyl (C=O) groups excluding carboxylic acids is 1. The zero-order valence-corrected chi connectivity index (χ0v) is 17.1. The van der Waals surface area contributed by atoms with Gasteiger partial charge in [0.15, 0.2) is 5.82 Å². The number of aromatic nitrogens is 4. The molecule has 156 valence electrons. The molecular formula is C20H20ClFN6O2. The number of piperazine rings is 1. The Morgan fingerprint density at radius 2 is 1.97 bits per heavy atom. The van der Waals surface area contributed by atoms with Gasteiger partial charge in [-0.3, -0.25) is 9.69 Å². The van der Waals surface area contributed by atoms with Crippen LogP contribution in [-0.4, -0.2) is 69.2 Å². The molecule has 2 aromatic carbocycles. The molecule has 1 fully saturated rings. The van der Waals surface area contributed by atoms with E-state index in [0.717, 1.165) is 0 Å². The summed E-state index contributed by atoms with van der Waals surface area (Å²) in [5.74, 6) is 0.647. The van der Waals surface area contributed by atoms with E-state index in [-0.39, 0.29) is 11.7 Å². The number of ether oxygens (including phenoxy) is 1. The van der Waals surface area contributed by atoms with Gasteiger partial charge in [0.1, 0.15) is 11.6 Å². The van der Waals surface area contributed by atoms with Crippen molar-refractivity contribution in [2.75, 3.05) is 33.3 Å². The third kappa shape index (κ3) is 4.27. The maximum atomic E-state index is 13.5. The average molecular weight is 431 g/mol. The van der Waals surface area contributed by atoms with Gasteiger partial charge >= 0.3 is 0 Å². The first-order chi connectivity index (χ1) is 14.5. The minimum absolute atomic E-state index is 0.112. The molecule has 30 heavy (non-hydrogen) atoms. The summed E-state index contributed by atoms with van der Waals surface area (Å²) in [5.41, 5.74) is 1.02. The van der Waals surface area contributed by atoms with Gasteiger partial charge in [0.05, 0.1) is 24.9 Å². The van der Waals surface area contributed by atoms with Crippen LogP contribution in [0, 0.1) is 5.82 Å². The zero-order valence-electron chi connectivity index (χ0n) is 16.3. The summed E-state index contributed by atoms with van der Waals surface area (Å²) in [5, 5.41) is 12.3. The van der Waals surface area contributed by atoms with Crippen LogP contribution < -0.4 is 4.74 Å². The van der Waals surface area contributed by atoms with Gasteiger partial charge in [-0.2, -0.15) is 4.68 Å². The highest BCUT2D eigenvalue weighted by Crippen LogP contribution is 2.24. The van der Waals surface area contributed by atoms with Crippen molar-refractivity contribution in [2.45, 2.75) is 6.54 Å². The van der Waals surface area contributed by atoms with Gasteiger partial charge in [-0.05, 0) is 46.8 Å². The maximum absolute atomic E-state index is 13.5. The number of benzene rings is 2. The summed E-state index contributed by atoms with van der Waals surface area (Å²) in [6, 6.07) is 11.1. The number of hydrogen-bond acceptors (Lipinski definition) is 6. The minimum Gasteiger partial charge on any atom is -0.496 e. The quantitative estimate of drug-likeness (QED) is 0.618. The first-order valence-corrected chi connectivity index (χ1v) is 9.81. The first-order valence-electron chi connectivity index (χ1n) is 9.43. The molecule has 0 aliphatic carbocycles. The predicted molar refractivity (Wildman–Crippen MR) is 108 cm³/mol. The zero-order chi connectivity index (χ0) is 21.1. The van der Waals surface area contributed by atoms with Crippen LogP contribution in [0.25, 0.3) is 5.69 Å². The van der Waals surface area contributed by atoms with Crippen LogP contribution >= 0.6 is 11.6 Å². The molecule has 0 atom stereocenters. The van der Waals surface area contributed by atoms with Crippen molar-refractivity contribution in [1.29, 1.82) is 0 Å². The third-order valence-electron chi connectivity index (χ3n) is 5.00. The molecular weight excluding hydrogens is 411 g/mol. The topological polar surface area (TPSA) is 76.4 Å². The molecule has 1 amide bonds. The largest absolute Gasteiger partial charge is 0.496 e. The van der Waals surface area contributed by atoms with Gasteiger partial charge in [-0.1, -0.05) is 17.7 Å². The molecule has 0 bridgehead atoms. The van der Waals surface area contributed by atoms with Crippen LogP contribution in [0.2, 0.25) is 5.02 Å². The van der Waals surface area contributed by atoms with E-state index in [1.54, 1.807) is 35.2 Å². The number of nitrogens with zero attached hydrogens (tertiary/aromatic N) is 6. The summed E-state index contributed by atoms with van der Waals surface area (Å²) < 4.78 is 20.4. The summed E-state index contributed by atoms with van der Waals surface area (Å²) in [4.78, 5) is 16.9. The van der Waals surface area contributed by atoms with Crippen LogP contribution in [0.15, 0.2) is 42.5 Å². The molecule has 0 saturated carbocycles. The number of tetrazole rings is 1. The maximum Gasteiger partial charge on any atom is 0.257 e. The second-order valence-electron chi connectivity index (χ2n) is 6.90. The average Bonchev–Trinajstić information content (AvgIpc) is 3.22. The number of amides is 1. The van der Waals surface area contributed by atoms with E-state index in [2.05, 4.69) is 20.4 Å². The number of rotatable bonds is 5. The van der Waals surface area contributed by atoms with Crippen molar-refractivity contribution in [1.82, 2.24) is 30.0 Å². The van der Waals surface area contributed by atoms with Crippen LogP contribution in [0.4, 0.5) is 4.39 Å². The Hall–Kier alpha value is -3.04. The Morgan fingerprint density at radius 3 is 2.70 bits per heavy atom. The molecule has 10 heteroatoms. The highest BCUT2D eigenvalue weighted by atomic mass is 35.5. The first kappa shape index (κ1) is 20.2. The smallest absolute Gasteiger partial charge is 0.257 e. The normalized spacial score (nSPS) is 14.7. The van der Waals surface area contributed by atoms with E-state index in [4.69, 9.17) is 16.3 Å². The molecule has 3 aromatic rings. The lowest BCUT2D eigenvalue weighted by Gasteiger charge is -2.34. The summed E-state index contributed by atoms with van der Waals surface area (Å²) in [6.07, 6.45) is 0. The molecule has 1 aliphatic rings. The molecule has 8 nitrogen and oxygen atoms in total. The van der Waals surface area contributed by atoms with E-state index in [0.29, 0.717) is 60.6 Å². The predicted octanol–water partition coefficient (Wildman–Crippen LogP) is 2.42. The van der Waals surface area contributed by atoms with Crippen molar-refractivity contribution >= 4 is 17.5 Å². The molecule has 4 rings (SSSR count). The number of methoxy groups -OCH3 is 1. The van der Waals surface area contributed by atoms with Crippen molar-refractivity contribution in [2.24, 2.45) is 0 Å². The molecule has 1 aliphatic heterocycles. The van der Waals surface area contributed by atoms with Crippen LogP contribution in [0.5, 0.6) is 5.75 Å². The lowest BCUT2D eigenvalue weighted by atomic mass is 10.1. The van der Waals surface area contributed by atoms with E-state index in [1.807, 2.05) is 0 Å². The molecule has 1 saturated heterocycles. The summed E-state index contributed by atoms with van der Waals surface area (Å²) in [7, 11) is 1.53. The Morgan fingerprint density at radius 1 is 1.17 bits per heavy atom. The Balaban J connectivity index is 1.41. The van der Waals surface area contributed by atoms with Crippen molar-refractivity contribution in [3.05, 3.63) is 64.7 Å². The summed E-state index contributed by atoms with van der Waals surface area (Å²) in [6.45, 7) is 2.91. The fourth-order valence-electron chi connectivity index (χ4n) is 3.44. The van der Waals surface area contributed by atoms with Gasteiger partial charge in [0.25, 0.3) is 5.91 Å². The standard InChI is InChI=1S/C20H20ClFN6O2/c1-30-18-6-5-14(21)11-17(18)20(29)27-9-7-26(8-10-27)13-19-23-24-25-28(19)16-4-2-3-15(22)12-16/h2-6,11-12H,7-10,13H2,1H3. The van der Waals surface area contributed by atoms with Crippen LogP contribution in [0.3, 0.4) is 0 Å². The second kappa shape index (κ2) is 8.76. The SMILES string of the molecule is COc1ccc(Cl)cc1C(=O)N1CCN(Cc2nnnn2-c2cccc(F)c2)CC1. The molecule has 1 aromatic heterocycles. The Bertz CT molecular complexity index is 1050. The van der Waals surface area contributed by atoms with E-state index < -0.39 is 0 Å². The third-order valence-corrected chi connectivity index (χ3v) is 5.24. The van der Waals surface area contributed by atoms with Gasteiger partial charge in [-0.25, -0.2) is 4.39 Å². The fraction of sp³-hybridized carbons (Fsp3) is 0.300. The Labute approximate surface area is 177 Å². The van der Waals surface area contributed by atoms with Crippen LogP contribution in [-0.2, 0) is 6.54 Å². The number of carbonyl (C=O) groups is 1. The van der Waals surface area contributed by atoms with Crippen molar-refractivity contribution in [3.63, 3.8) is 0 Å². The van der Waals surface area contributed by atoms with E-state index in [1.165, 1.54) is 23.9 Å². The van der Waals surface area contributed by atoms with Gasteiger partial charge in [-0.15, -0.1) is 5.10 Å². The highest BCUT2D eigenvalue weighted by Gasteiger charge is 2.25. The van der Waals surface area contributed by atoms with E-state index >= 15 is 0 Å².